The summed E-state index contributed by atoms with van der Waals surface area (Å²) in [7, 11) is 0. The first-order valence-corrected chi connectivity index (χ1v) is 27.3. The van der Waals surface area contributed by atoms with Gasteiger partial charge in [-0.05, 0) is 49.9 Å². The highest BCUT2D eigenvalue weighted by Crippen LogP contribution is 2.17. The van der Waals surface area contributed by atoms with E-state index in [1.807, 2.05) is 6.92 Å². The topological polar surface area (TPSA) is 105 Å². The smallest absolute Gasteiger partial charge is 0.339 e. The molecule has 66 heavy (non-hydrogen) atoms. The third-order valence-corrected chi connectivity index (χ3v) is 12.2. The van der Waals surface area contributed by atoms with Crippen molar-refractivity contribution in [1.82, 2.24) is 0 Å². The number of esters is 4. The standard InChI is InChI=1S/C34H58O4.C24H38O4/c1-3-5-7-9-11-13-15-17-19-21-25-29-37-33(35)31-27-23-24-28-32(31)34(36)38-30-26-22-20-18-16-14-12-10-8-6-4-2;1-3-5-7-8-9-10-11-12-13-16-20-28-24(26)22-18-15-14-17-21(22)23(25)27-19-6-4-2/h23-24,27-28H,3-22,25-26,29-30H2,1-2H3;14-15,17-18H,3-13,16,19-20H2,1-2H3. The fraction of sp³-hybridized carbons (Fsp3) is 0.724. The molecule has 0 unspecified atom stereocenters. The minimum atomic E-state index is -0.458. The third kappa shape index (κ3) is 32.9. The van der Waals surface area contributed by atoms with Crippen molar-refractivity contribution in [2.75, 3.05) is 26.4 Å². The second kappa shape index (κ2) is 45.1. The van der Waals surface area contributed by atoms with Crippen LogP contribution in [0.2, 0.25) is 0 Å². The molecule has 0 amide bonds. The molecule has 8 heteroatoms. The van der Waals surface area contributed by atoms with Crippen molar-refractivity contribution in [3.8, 4) is 0 Å². The van der Waals surface area contributed by atoms with Crippen LogP contribution in [0, 0.1) is 0 Å². The highest BCUT2D eigenvalue weighted by Gasteiger charge is 2.20. The van der Waals surface area contributed by atoms with Crippen LogP contribution >= 0.6 is 0 Å². The van der Waals surface area contributed by atoms with E-state index in [1.165, 1.54) is 167 Å². The monoisotopic (exact) mass is 921 g/mol. The van der Waals surface area contributed by atoms with E-state index in [-0.39, 0.29) is 11.1 Å². The zero-order valence-corrected chi connectivity index (χ0v) is 42.8. The Labute approximate surface area is 403 Å². The number of hydrogen-bond acceptors (Lipinski definition) is 8. The van der Waals surface area contributed by atoms with Crippen LogP contribution in [0.15, 0.2) is 48.5 Å². The van der Waals surface area contributed by atoms with Gasteiger partial charge in [0.2, 0.25) is 0 Å². The molecule has 0 spiro atoms. The molecule has 0 atom stereocenters. The molecule has 0 aliphatic heterocycles. The second-order valence-corrected chi connectivity index (χ2v) is 18.2. The Bertz CT molecular complexity index is 1410. The number of rotatable bonds is 42. The van der Waals surface area contributed by atoms with Gasteiger partial charge in [-0.1, -0.05) is 245 Å². The predicted octanol–water partition coefficient (Wildman–Crippen LogP) is 17.3. The number of hydrogen-bond donors (Lipinski definition) is 0. The van der Waals surface area contributed by atoms with Crippen LogP contribution in [0.1, 0.15) is 287 Å². The van der Waals surface area contributed by atoms with Gasteiger partial charge >= 0.3 is 23.9 Å². The summed E-state index contributed by atoms with van der Waals surface area (Å²) in [6, 6.07) is 13.5. The molecule has 0 aliphatic carbocycles. The molecule has 0 heterocycles. The maximum absolute atomic E-state index is 12.6. The van der Waals surface area contributed by atoms with E-state index in [2.05, 4.69) is 20.8 Å². The molecule has 376 valence electrons. The third-order valence-electron chi connectivity index (χ3n) is 12.2. The average molecular weight is 921 g/mol. The van der Waals surface area contributed by atoms with Gasteiger partial charge in [-0.3, -0.25) is 0 Å². The molecule has 0 fully saturated rings. The lowest BCUT2D eigenvalue weighted by molar-refractivity contribution is 0.0450. The Morgan fingerprint density at radius 3 is 0.621 bits per heavy atom. The number of unbranched alkanes of at least 4 members (excludes halogenated alkanes) is 30. The average Bonchev–Trinajstić information content (AvgIpc) is 3.34. The maximum atomic E-state index is 12.6. The molecular weight excluding hydrogens is 825 g/mol. The highest BCUT2D eigenvalue weighted by atomic mass is 16.5. The molecule has 2 aromatic rings. The van der Waals surface area contributed by atoms with Gasteiger partial charge in [-0.15, -0.1) is 0 Å². The fourth-order valence-electron chi connectivity index (χ4n) is 7.92. The van der Waals surface area contributed by atoms with E-state index < -0.39 is 23.9 Å². The van der Waals surface area contributed by atoms with Gasteiger partial charge in [0, 0.05) is 0 Å². The van der Waals surface area contributed by atoms with E-state index in [1.54, 1.807) is 48.5 Å². The van der Waals surface area contributed by atoms with Crippen molar-refractivity contribution >= 4 is 23.9 Å². The zero-order valence-electron chi connectivity index (χ0n) is 42.8. The molecular formula is C58H96O8. The first-order chi connectivity index (χ1) is 32.4. The van der Waals surface area contributed by atoms with Crippen LogP contribution in [0.5, 0.6) is 0 Å². The van der Waals surface area contributed by atoms with Gasteiger partial charge in [0.1, 0.15) is 0 Å². The van der Waals surface area contributed by atoms with Gasteiger partial charge in [0.15, 0.2) is 0 Å². The molecule has 0 saturated heterocycles. The van der Waals surface area contributed by atoms with E-state index in [9.17, 15) is 19.2 Å². The van der Waals surface area contributed by atoms with Gasteiger partial charge in [0.25, 0.3) is 0 Å². The molecule has 0 bridgehead atoms. The quantitative estimate of drug-likeness (QED) is 0.0368. The summed E-state index contributed by atoms with van der Waals surface area (Å²) in [6.45, 7) is 10.4. The molecule has 0 N–H and O–H groups in total. The molecule has 2 aromatic carbocycles. The van der Waals surface area contributed by atoms with Crippen LogP contribution < -0.4 is 0 Å². The summed E-state index contributed by atoms with van der Waals surface area (Å²) in [5.41, 5.74) is 1.18. The summed E-state index contributed by atoms with van der Waals surface area (Å²) >= 11 is 0. The Kier molecular flexibility index (Phi) is 41.2. The minimum Gasteiger partial charge on any atom is -0.462 e. The van der Waals surface area contributed by atoms with Gasteiger partial charge in [-0.2, -0.15) is 0 Å². The Morgan fingerprint density at radius 1 is 0.258 bits per heavy atom. The number of benzene rings is 2. The van der Waals surface area contributed by atoms with Crippen molar-refractivity contribution in [2.45, 2.75) is 246 Å². The van der Waals surface area contributed by atoms with Crippen LogP contribution in [0.4, 0.5) is 0 Å². The first-order valence-electron chi connectivity index (χ1n) is 27.3. The van der Waals surface area contributed by atoms with Gasteiger partial charge in [0.05, 0.1) is 48.7 Å². The normalized spacial score (nSPS) is 10.8. The predicted molar refractivity (Wildman–Crippen MR) is 274 cm³/mol. The minimum absolute atomic E-state index is 0.284. The number of carbonyl (C=O) groups is 4. The summed E-state index contributed by atoms with van der Waals surface area (Å²) in [6.07, 6.45) is 41.8. The van der Waals surface area contributed by atoms with Crippen LogP contribution in [0.3, 0.4) is 0 Å². The molecule has 0 radical (unpaired) electrons. The van der Waals surface area contributed by atoms with E-state index in [0.29, 0.717) is 37.6 Å². The summed E-state index contributed by atoms with van der Waals surface area (Å²) in [5.74, 6) is -1.77. The molecule has 2 rings (SSSR count). The molecule has 0 saturated carbocycles. The largest absolute Gasteiger partial charge is 0.462 e. The van der Waals surface area contributed by atoms with E-state index in [0.717, 1.165) is 51.4 Å². The van der Waals surface area contributed by atoms with Gasteiger partial charge < -0.3 is 18.9 Å². The molecule has 8 nitrogen and oxygen atoms in total. The number of ether oxygens (including phenoxy) is 4. The van der Waals surface area contributed by atoms with Gasteiger partial charge in [-0.25, -0.2) is 19.2 Å². The van der Waals surface area contributed by atoms with Crippen molar-refractivity contribution in [2.24, 2.45) is 0 Å². The SMILES string of the molecule is CCCCCCCCCCCCCOC(=O)c1ccccc1C(=O)OCCCCCCCCCCCCC.CCCCCCCCCCCCOC(=O)c1ccccc1C(=O)OCCCC. The van der Waals surface area contributed by atoms with E-state index >= 15 is 0 Å². The van der Waals surface area contributed by atoms with Crippen molar-refractivity contribution in [1.29, 1.82) is 0 Å². The van der Waals surface area contributed by atoms with Crippen LogP contribution in [0.25, 0.3) is 0 Å². The lowest BCUT2D eigenvalue weighted by Gasteiger charge is -2.10. The Morgan fingerprint density at radius 2 is 0.424 bits per heavy atom. The maximum Gasteiger partial charge on any atom is 0.339 e. The number of carbonyl (C=O) groups excluding carboxylic acids is 4. The summed E-state index contributed by atoms with van der Waals surface area (Å²) < 4.78 is 21.5. The zero-order chi connectivity index (χ0) is 48.0. The lowest BCUT2D eigenvalue weighted by Crippen LogP contribution is -2.15. The molecule has 0 aliphatic rings. The Hall–Kier alpha value is -3.68. The molecule has 0 aromatic heterocycles. The first kappa shape index (κ1) is 60.3. The lowest BCUT2D eigenvalue weighted by atomic mass is 10.1. The van der Waals surface area contributed by atoms with Crippen molar-refractivity contribution in [3.05, 3.63) is 70.8 Å². The van der Waals surface area contributed by atoms with Crippen molar-refractivity contribution < 1.29 is 38.1 Å². The highest BCUT2D eigenvalue weighted by molar-refractivity contribution is 6.03. The van der Waals surface area contributed by atoms with Crippen LogP contribution in [-0.4, -0.2) is 50.3 Å². The summed E-state index contributed by atoms with van der Waals surface area (Å²) in [4.78, 5) is 49.7. The summed E-state index contributed by atoms with van der Waals surface area (Å²) in [5, 5.41) is 0. The second-order valence-electron chi connectivity index (χ2n) is 18.2. The van der Waals surface area contributed by atoms with E-state index in [4.69, 9.17) is 18.9 Å². The fourth-order valence-corrected chi connectivity index (χ4v) is 7.92. The van der Waals surface area contributed by atoms with Crippen LogP contribution in [-0.2, 0) is 18.9 Å². The Balaban J connectivity index is 0.000000691. The van der Waals surface area contributed by atoms with Crippen molar-refractivity contribution in [3.63, 3.8) is 0 Å².